The van der Waals surface area contributed by atoms with Gasteiger partial charge in [0.25, 0.3) is 0 Å². The third-order valence-electron chi connectivity index (χ3n) is 1.18. The van der Waals surface area contributed by atoms with Gasteiger partial charge < -0.3 is 0 Å². The number of halogens is 2. The molecule has 2 aromatic rings. The lowest BCUT2D eigenvalue weighted by atomic mass is 10.5. The molecule has 2 nitrogen and oxygen atoms in total. The maximum absolute atomic E-state index is 4.01. The number of hydrogen-bond donors (Lipinski definition) is 0. The topological polar surface area (TPSA) is 25.8 Å². The average molecular weight is 326 g/mol. The van der Waals surface area contributed by atoms with Gasteiger partial charge >= 0.3 is 0 Å². The lowest BCUT2D eigenvalue weighted by molar-refractivity contribution is 1.08. The van der Waals surface area contributed by atoms with Crippen LogP contribution in [0.25, 0.3) is 9.88 Å². The van der Waals surface area contributed by atoms with Crippen molar-refractivity contribution in [2.45, 2.75) is 0 Å². The van der Waals surface area contributed by atoms with Crippen molar-refractivity contribution in [3.8, 4) is 9.88 Å². The molecule has 0 atom stereocenters. The van der Waals surface area contributed by atoms with E-state index in [1.807, 2.05) is 12.1 Å². The highest BCUT2D eigenvalue weighted by Gasteiger charge is 2.06. The van der Waals surface area contributed by atoms with Crippen molar-refractivity contribution in [3.63, 3.8) is 0 Å². The molecule has 62 valence electrons. The molecule has 0 aliphatic carbocycles. The second-order valence-corrected chi connectivity index (χ2v) is 6.68. The molecular weight excluding hydrogens is 324 g/mol. The van der Waals surface area contributed by atoms with Crippen molar-refractivity contribution in [1.29, 1.82) is 0 Å². The predicted molar refractivity (Wildman–Crippen MR) is 58.6 cm³/mol. The van der Waals surface area contributed by atoms with E-state index in [0.717, 1.165) is 17.6 Å². The minimum atomic E-state index is 0.821. The normalized spacial score (nSPS) is 10.5. The number of hydrogen-bond acceptors (Lipinski definition) is 4. The van der Waals surface area contributed by atoms with Gasteiger partial charge in [-0.2, -0.15) is 0 Å². The van der Waals surface area contributed by atoms with Gasteiger partial charge in [-0.25, -0.2) is 0 Å². The van der Waals surface area contributed by atoms with E-state index < -0.39 is 0 Å². The molecule has 0 N–H and O–H groups in total. The van der Waals surface area contributed by atoms with Crippen LogP contribution in [0.3, 0.4) is 0 Å². The Labute approximate surface area is 93.9 Å². The zero-order valence-electron chi connectivity index (χ0n) is 5.62. The van der Waals surface area contributed by atoms with Gasteiger partial charge in [-0.1, -0.05) is 11.3 Å². The first-order chi connectivity index (χ1) is 5.75. The Morgan fingerprint density at radius 3 is 2.42 bits per heavy atom. The molecule has 2 aromatic heterocycles. The Bertz CT molecular complexity index is 357. The zero-order chi connectivity index (χ0) is 8.55. The Balaban J connectivity index is 2.43. The summed E-state index contributed by atoms with van der Waals surface area (Å²) in [5.41, 5.74) is 0. The van der Waals surface area contributed by atoms with E-state index >= 15 is 0 Å². The van der Waals surface area contributed by atoms with Gasteiger partial charge in [-0.3, -0.25) is 0 Å². The van der Waals surface area contributed by atoms with Crippen LogP contribution in [0.4, 0.5) is 0 Å². The fraction of sp³-hybridized carbons (Fsp3) is 0. The summed E-state index contributed by atoms with van der Waals surface area (Å²) in [6.45, 7) is 0. The molecule has 12 heavy (non-hydrogen) atoms. The molecule has 0 aromatic carbocycles. The molecule has 0 unspecified atom stereocenters. The van der Waals surface area contributed by atoms with E-state index in [9.17, 15) is 0 Å². The van der Waals surface area contributed by atoms with Crippen LogP contribution >= 0.6 is 54.5 Å². The summed E-state index contributed by atoms with van der Waals surface area (Å²) in [6, 6.07) is 4.04. The van der Waals surface area contributed by atoms with E-state index in [1.54, 1.807) is 11.3 Å². The standard InChI is InChI=1S/C6H2Br2N2S2/c7-4-2-1-3(11-4)5-9-10-6(8)12-5/h1-2H. The number of nitrogens with zero attached hydrogens (tertiary/aromatic N) is 2. The summed E-state index contributed by atoms with van der Waals surface area (Å²) >= 11 is 9.87. The van der Waals surface area contributed by atoms with Crippen molar-refractivity contribution < 1.29 is 0 Å². The largest absolute Gasteiger partial charge is 0.183 e. The van der Waals surface area contributed by atoms with Crippen LogP contribution in [0.15, 0.2) is 19.8 Å². The highest BCUT2D eigenvalue weighted by atomic mass is 79.9. The van der Waals surface area contributed by atoms with Crippen molar-refractivity contribution in [2.75, 3.05) is 0 Å². The maximum atomic E-state index is 4.01. The third-order valence-corrected chi connectivity index (χ3v) is 4.33. The van der Waals surface area contributed by atoms with E-state index in [0.29, 0.717) is 0 Å². The summed E-state index contributed by atoms with van der Waals surface area (Å²) in [5, 5.41) is 8.85. The van der Waals surface area contributed by atoms with Crippen LogP contribution < -0.4 is 0 Å². The van der Waals surface area contributed by atoms with Crippen molar-refractivity contribution in [1.82, 2.24) is 10.2 Å². The smallest absolute Gasteiger partial charge is 0.136 e. The molecule has 0 bridgehead atoms. The summed E-state index contributed by atoms with van der Waals surface area (Å²) in [6.07, 6.45) is 0. The minimum Gasteiger partial charge on any atom is -0.136 e. The van der Waals surface area contributed by atoms with E-state index in [1.165, 1.54) is 11.3 Å². The van der Waals surface area contributed by atoms with Crippen molar-refractivity contribution in [2.24, 2.45) is 0 Å². The summed E-state index contributed by atoms with van der Waals surface area (Å²) < 4.78 is 1.94. The number of aromatic nitrogens is 2. The molecule has 0 aliphatic heterocycles. The van der Waals surface area contributed by atoms with Crippen LogP contribution in [0, 0.1) is 0 Å². The van der Waals surface area contributed by atoms with Crippen molar-refractivity contribution in [3.05, 3.63) is 19.8 Å². The summed E-state index contributed by atoms with van der Waals surface area (Å²) in [4.78, 5) is 1.14. The van der Waals surface area contributed by atoms with Crippen LogP contribution in [0.2, 0.25) is 0 Å². The van der Waals surface area contributed by atoms with Gasteiger partial charge in [0.1, 0.15) is 0 Å². The first-order valence-electron chi connectivity index (χ1n) is 3.00. The van der Waals surface area contributed by atoms with Crippen molar-refractivity contribution >= 4 is 54.5 Å². The fourth-order valence-corrected chi connectivity index (χ4v) is 3.28. The Kier molecular flexibility index (Phi) is 2.59. The summed E-state index contributed by atoms with van der Waals surface area (Å²) in [7, 11) is 0. The molecule has 6 heteroatoms. The van der Waals surface area contributed by atoms with Gasteiger partial charge in [-0.05, 0) is 44.0 Å². The number of rotatable bonds is 1. The Morgan fingerprint density at radius 2 is 1.92 bits per heavy atom. The van der Waals surface area contributed by atoms with E-state index in [-0.39, 0.29) is 0 Å². The Hall–Kier alpha value is 0.220. The Morgan fingerprint density at radius 1 is 1.08 bits per heavy atom. The minimum absolute atomic E-state index is 0.821. The fourth-order valence-electron chi connectivity index (χ4n) is 0.734. The van der Waals surface area contributed by atoms with Crippen LogP contribution in [0.1, 0.15) is 0 Å². The molecule has 0 saturated carbocycles. The predicted octanol–water partition coefficient (Wildman–Crippen LogP) is 3.79. The highest BCUT2D eigenvalue weighted by Crippen LogP contribution is 2.33. The second kappa shape index (κ2) is 3.53. The van der Waals surface area contributed by atoms with E-state index in [4.69, 9.17) is 0 Å². The lowest BCUT2D eigenvalue weighted by Crippen LogP contribution is -1.68. The molecule has 0 fully saturated rings. The molecule has 0 amide bonds. The third kappa shape index (κ3) is 1.76. The maximum Gasteiger partial charge on any atom is 0.183 e. The monoisotopic (exact) mass is 324 g/mol. The lowest BCUT2D eigenvalue weighted by Gasteiger charge is -1.82. The highest BCUT2D eigenvalue weighted by molar-refractivity contribution is 9.11. The molecule has 0 aliphatic rings. The number of thiophene rings is 1. The zero-order valence-corrected chi connectivity index (χ0v) is 10.4. The quantitative estimate of drug-likeness (QED) is 0.797. The molecule has 0 radical (unpaired) electrons. The van der Waals surface area contributed by atoms with Crippen LogP contribution in [-0.4, -0.2) is 10.2 Å². The van der Waals surface area contributed by atoms with Crippen LogP contribution in [-0.2, 0) is 0 Å². The molecule has 0 spiro atoms. The first-order valence-corrected chi connectivity index (χ1v) is 6.22. The molecule has 2 heterocycles. The average Bonchev–Trinajstić information content (AvgIpc) is 2.58. The molecule has 0 saturated heterocycles. The molecule has 2 rings (SSSR count). The van der Waals surface area contributed by atoms with Crippen LogP contribution in [0.5, 0.6) is 0 Å². The SMILES string of the molecule is Brc1ccc(-c2nnc(Br)s2)s1. The second-order valence-electron chi connectivity index (χ2n) is 1.96. The molecular formula is C6H2Br2N2S2. The van der Waals surface area contributed by atoms with Gasteiger partial charge in [0.05, 0.1) is 8.66 Å². The van der Waals surface area contributed by atoms with Gasteiger partial charge in [-0.15, -0.1) is 21.5 Å². The van der Waals surface area contributed by atoms with Gasteiger partial charge in [0.2, 0.25) is 0 Å². The summed E-state index contributed by atoms with van der Waals surface area (Å²) in [5.74, 6) is 0. The first kappa shape index (κ1) is 8.80. The van der Waals surface area contributed by atoms with E-state index in [2.05, 4.69) is 42.1 Å². The van der Waals surface area contributed by atoms with Gasteiger partial charge in [0, 0.05) is 0 Å². The van der Waals surface area contributed by atoms with Gasteiger partial charge in [0.15, 0.2) is 8.92 Å².